The van der Waals surface area contributed by atoms with Gasteiger partial charge >= 0.3 is 0 Å². The van der Waals surface area contributed by atoms with Crippen LogP contribution in [0.5, 0.6) is 0 Å². The SMILES string of the molecule is CCc1ccc(CNc2ccc(C)nn2)s1. The number of hydrogen-bond acceptors (Lipinski definition) is 4. The van der Waals surface area contributed by atoms with E-state index < -0.39 is 0 Å². The van der Waals surface area contributed by atoms with Crippen molar-refractivity contribution in [1.29, 1.82) is 0 Å². The van der Waals surface area contributed by atoms with Crippen molar-refractivity contribution in [3.8, 4) is 0 Å². The molecule has 2 aromatic heterocycles. The first kappa shape index (κ1) is 11.1. The minimum absolute atomic E-state index is 0.822. The first-order valence-corrected chi connectivity index (χ1v) is 6.21. The standard InChI is InChI=1S/C12H15N3S/c1-3-10-5-6-11(16-10)8-13-12-7-4-9(2)14-15-12/h4-7H,3,8H2,1-2H3,(H,13,15). The molecule has 0 fully saturated rings. The summed E-state index contributed by atoms with van der Waals surface area (Å²) in [5.41, 5.74) is 0.940. The maximum atomic E-state index is 4.06. The van der Waals surface area contributed by atoms with Crippen LogP contribution in [0, 0.1) is 6.92 Å². The summed E-state index contributed by atoms with van der Waals surface area (Å²) in [5.74, 6) is 0.831. The van der Waals surface area contributed by atoms with E-state index in [9.17, 15) is 0 Å². The van der Waals surface area contributed by atoms with E-state index in [4.69, 9.17) is 0 Å². The summed E-state index contributed by atoms with van der Waals surface area (Å²) < 4.78 is 0. The predicted molar refractivity (Wildman–Crippen MR) is 67.8 cm³/mol. The molecule has 84 valence electrons. The zero-order chi connectivity index (χ0) is 11.4. The lowest BCUT2D eigenvalue weighted by Crippen LogP contribution is -2.01. The third kappa shape index (κ3) is 2.79. The topological polar surface area (TPSA) is 37.8 Å². The van der Waals surface area contributed by atoms with Gasteiger partial charge in [0.1, 0.15) is 5.82 Å². The van der Waals surface area contributed by atoms with E-state index in [2.05, 4.69) is 34.6 Å². The summed E-state index contributed by atoms with van der Waals surface area (Å²) in [5, 5.41) is 11.3. The molecule has 0 bridgehead atoms. The summed E-state index contributed by atoms with van der Waals surface area (Å²) in [4.78, 5) is 2.76. The maximum Gasteiger partial charge on any atom is 0.148 e. The predicted octanol–water partition coefficient (Wildman–Crippen LogP) is 3.02. The molecule has 2 heterocycles. The van der Waals surface area contributed by atoms with E-state index in [0.717, 1.165) is 24.5 Å². The minimum Gasteiger partial charge on any atom is -0.364 e. The van der Waals surface area contributed by atoms with Gasteiger partial charge in [0.2, 0.25) is 0 Å². The van der Waals surface area contributed by atoms with Crippen LogP contribution in [-0.2, 0) is 13.0 Å². The monoisotopic (exact) mass is 233 g/mol. The van der Waals surface area contributed by atoms with Crippen LogP contribution in [0.25, 0.3) is 0 Å². The Hall–Kier alpha value is -1.42. The number of aromatic nitrogens is 2. The molecule has 0 saturated heterocycles. The highest BCUT2D eigenvalue weighted by Gasteiger charge is 1.99. The van der Waals surface area contributed by atoms with Crippen molar-refractivity contribution in [2.75, 3.05) is 5.32 Å². The summed E-state index contributed by atoms with van der Waals surface area (Å²) in [7, 11) is 0. The van der Waals surface area contributed by atoms with Crippen molar-refractivity contribution in [3.05, 3.63) is 39.7 Å². The third-order valence-electron chi connectivity index (χ3n) is 2.31. The zero-order valence-electron chi connectivity index (χ0n) is 9.53. The van der Waals surface area contributed by atoms with Gasteiger partial charge in [-0.15, -0.1) is 16.4 Å². The van der Waals surface area contributed by atoms with Crippen molar-refractivity contribution < 1.29 is 0 Å². The van der Waals surface area contributed by atoms with E-state index in [0.29, 0.717) is 0 Å². The van der Waals surface area contributed by atoms with Crippen LogP contribution in [0.2, 0.25) is 0 Å². The molecule has 0 aliphatic heterocycles. The normalized spacial score (nSPS) is 10.4. The van der Waals surface area contributed by atoms with Gasteiger partial charge in [0.15, 0.2) is 0 Å². The van der Waals surface area contributed by atoms with Gasteiger partial charge in [-0.2, -0.15) is 5.10 Å². The van der Waals surface area contributed by atoms with E-state index >= 15 is 0 Å². The molecule has 0 unspecified atom stereocenters. The number of nitrogens with zero attached hydrogens (tertiary/aromatic N) is 2. The van der Waals surface area contributed by atoms with Crippen LogP contribution < -0.4 is 5.32 Å². The molecule has 0 aromatic carbocycles. The molecule has 2 rings (SSSR count). The summed E-state index contributed by atoms with van der Waals surface area (Å²) >= 11 is 1.84. The molecule has 4 heteroatoms. The van der Waals surface area contributed by atoms with Crippen LogP contribution >= 0.6 is 11.3 Å². The third-order valence-corrected chi connectivity index (χ3v) is 3.54. The maximum absolute atomic E-state index is 4.06. The quantitative estimate of drug-likeness (QED) is 0.882. The van der Waals surface area contributed by atoms with E-state index in [-0.39, 0.29) is 0 Å². The summed E-state index contributed by atoms with van der Waals surface area (Å²) in [6.07, 6.45) is 1.11. The molecular formula is C12H15N3S. The lowest BCUT2D eigenvalue weighted by molar-refractivity contribution is 0.966. The lowest BCUT2D eigenvalue weighted by atomic mass is 10.3. The van der Waals surface area contributed by atoms with Gasteiger partial charge < -0.3 is 5.32 Å². The van der Waals surface area contributed by atoms with Crippen LogP contribution in [0.3, 0.4) is 0 Å². The van der Waals surface area contributed by atoms with Crippen LogP contribution in [0.15, 0.2) is 24.3 Å². The highest BCUT2D eigenvalue weighted by Crippen LogP contribution is 2.17. The number of thiophene rings is 1. The highest BCUT2D eigenvalue weighted by molar-refractivity contribution is 7.12. The molecule has 2 aromatic rings. The van der Waals surface area contributed by atoms with Crippen LogP contribution in [0.4, 0.5) is 5.82 Å². The molecule has 0 aliphatic carbocycles. The molecule has 0 saturated carbocycles. The number of anilines is 1. The second kappa shape index (κ2) is 5.07. The fourth-order valence-corrected chi connectivity index (χ4v) is 2.28. The van der Waals surface area contributed by atoms with Crippen molar-refractivity contribution >= 4 is 17.2 Å². The smallest absolute Gasteiger partial charge is 0.148 e. The van der Waals surface area contributed by atoms with Crippen molar-refractivity contribution in [3.63, 3.8) is 0 Å². The van der Waals surface area contributed by atoms with Gasteiger partial charge in [-0.1, -0.05) is 6.92 Å². The fourth-order valence-electron chi connectivity index (χ4n) is 1.38. The second-order valence-corrected chi connectivity index (χ2v) is 4.89. The first-order chi connectivity index (χ1) is 7.78. The average Bonchev–Trinajstić information content (AvgIpc) is 2.76. The molecular weight excluding hydrogens is 218 g/mol. The van der Waals surface area contributed by atoms with Crippen molar-refractivity contribution in [2.45, 2.75) is 26.8 Å². The summed E-state index contributed by atoms with van der Waals surface area (Å²) in [6.45, 7) is 4.93. The van der Waals surface area contributed by atoms with Gasteiger partial charge in [-0.05, 0) is 37.6 Å². The Labute approximate surface area is 99.5 Å². The van der Waals surface area contributed by atoms with Crippen LogP contribution in [-0.4, -0.2) is 10.2 Å². The van der Waals surface area contributed by atoms with Gasteiger partial charge in [0, 0.05) is 9.75 Å². The first-order valence-electron chi connectivity index (χ1n) is 5.39. The number of nitrogens with one attached hydrogen (secondary N) is 1. The number of hydrogen-bond donors (Lipinski definition) is 1. The Morgan fingerprint density at radius 1 is 1.12 bits per heavy atom. The van der Waals surface area contributed by atoms with Gasteiger partial charge in [0.05, 0.1) is 12.2 Å². The van der Waals surface area contributed by atoms with E-state index in [1.54, 1.807) is 0 Å². The lowest BCUT2D eigenvalue weighted by Gasteiger charge is -2.02. The second-order valence-electron chi connectivity index (χ2n) is 3.64. The van der Waals surface area contributed by atoms with E-state index in [1.165, 1.54) is 9.75 Å². The Bertz CT molecular complexity index is 448. The van der Waals surface area contributed by atoms with Gasteiger partial charge in [-0.3, -0.25) is 0 Å². The minimum atomic E-state index is 0.822. The Kier molecular flexibility index (Phi) is 3.51. The molecule has 0 atom stereocenters. The molecule has 16 heavy (non-hydrogen) atoms. The Balaban J connectivity index is 1.94. The average molecular weight is 233 g/mol. The molecule has 0 radical (unpaired) electrons. The Morgan fingerprint density at radius 3 is 2.56 bits per heavy atom. The largest absolute Gasteiger partial charge is 0.364 e. The van der Waals surface area contributed by atoms with Gasteiger partial charge in [0.25, 0.3) is 0 Å². The molecule has 0 spiro atoms. The molecule has 0 amide bonds. The summed E-state index contributed by atoms with van der Waals surface area (Å²) in [6, 6.07) is 8.26. The van der Waals surface area contributed by atoms with Crippen LogP contribution in [0.1, 0.15) is 22.4 Å². The number of aryl methyl sites for hydroxylation is 2. The van der Waals surface area contributed by atoms with Crippen molar-refractivity contribution in [1.82, 2.24) is 10.2 Å². The fraction of sp³-hybridized carbons (Fsp3) is 0.333. The zero-order valence-corrected chi connectivity index (χ0v) is 10.3. The molecule has 3 nitrogen and oxygen atoms in total. The highest BCUT2D eigenvalue weighted by atomic mass is 32.1. The Morgan fingerprint density at radius 2 is 1.94 bits per heavy atom. The molecule has 0 aliphatic rings. The van der Waals surface area contributed by atoms with Gasteiger partial charge in [-0.25, -0.2) is 0 Å². The van der Waals surface area contributed by atoms with E-state index in [1.807, 2.05) is 30.4 Å². The number of rotatable bonds is 4. The molecule has 1 N–H and O–H groups in total. The van der Waals surface area contributed by atoms with Crippen molar-refractivity contribution in [2.24, 2.45) is 0 Å².